The zero-order valence-corrected chi connectivity index (χ0v) is 10.6. The van der Waals surface area contributed by atoms with Crippen LogP contribution in [0.25, 0.3) is 0 Å². The predicted molar refractivity (Wildman–Crippen MR) is 63.9 cm³/mol. The summed E-state index contributed by atoms with van der Waals surface area (Å²) in [5.41, 5.74) is 10.4. The number of likely N-dealkylation sites (N-methyl/N-ethyl adjacent to an activating group) is 1. The normalized spacial score (nSPS) is 13.9. The summed E-state index contributed by atoms with van der Waals surface area (Å²) in [6.45, 7) is 3.73. The molecule has 17 heavy (non-hydrogen) atoms. The van der Waals surface area contributed by atoms with Crippen molar-refractivity contribution in [1.29, 1.82) is 0 Å². The minimum absolute atomic E-state index is 0.0142. The van der Waals surface area contributed by atoms with Gasteiger partial charge in [0.25, 0.3) is 0 Å². The molecule has 0 aromatic rings. The molecule has 0 aliphatic heterocycles. The number of nitrogens with two attached hydrogens (primary N) is 2. The van der Waals surface area contributed by atoms with Crippen molar-refractivity contribution in [2.75, 3.05) is 13.6 Å². The molecule has 2 atom stereocenters. The number of ketones is 1. The van der Waals surface area contributed by atoms with Crippen LogP contribution in [0.2, 0.25) is 0 Å². The molecule has 0 saturated heterocycles. The first kappa shape index (κ1) is 15.6. The first-order valence-electron chi connectivity index (χ1n) is 5.61. The van der Waals surface area contributed by atoms with Gasteiger partial charge in [0, 0.05) is 13.0 Å². The number of Topliss-reactive ketones (excluding diaryl/α,β-unsaturated/α-hetero) is 1. The molecule has 98 valence electrons. The lowest BCUT2D eigenvalue weighted by Gasteiger charge is -2.21. The lowest BCUT2D eigenvalue weighted by molar-refractivity contribution is -0.137. The summed E-state index contributed by atoms with van der Waals surface area (Å²) in [6.07, 6.45) is 0.523. The Labute approximate surface area is 101 Å². The molecule has 0 bridgehead atoms. The first-order chi connectivity index (χ1) is 7.79. The van der Waals surface area contributed by atoms with Crippen LogP contribution < -0.4 is 11.5 Å². The van der Waals surface area contributed by atoms with E-state index in [0.717, 1.165) is 6.42 Å². The third-order valence-electron chi connectivity index (χ3n) is 2.67. The quantitative estimate of drug-likeness (QED) is 0.614. The van der Waals surface area contributed by atoms with Gasteiger partial charge in [-0.3, -0.25) is 14.4 Å². The van der Waals surface area contributed by atoms with E-state index in [-0.39, 0.29) is 24.7 Å². The zero-order chi connectivity index (χ0) is 13.6. The molecule has 6 heteroatoms. The Morgan fingerprint density at radius 3 is 2.24 bits per heavy atom. The van der Waals surface area contributed by atoms with E-state index in [9.17, 15) is 14.4 Å². The van der Waals surface area contributed by atoms with E-state index in [1.54, 1.807) is 0 Å². The highest BCUT2D eigenvalue weighted by atomic mass is 16.2. The van der Waals surface area contributed by atoms with E-state index in [0.29, 0.717) is 0 Å². The SMILES string of the molecule is CC[C@H](C)C(=O)CN(C)C(=O)[C@@H](N)CC(N)=O. The van der Waals surface area contributed by atoms with Gasteiger partial charge in [-0.15, -0.1) is 0 Å². The van der Waals surface area contributed by atoms with Crippen LogP contribution in [-0.2, 0) is 14.4 Å². The van der Waals surface area contributed by atoms with Gasteiger partial charge >= 0.3 is 0 Å². The maximum Gasteiger partial charge on any atom is 0.240 e. The summed E-state index contributed by atoms with van der Waals surface area (Å²) in [7, 11) is 1.49. The van der Waals surface area contributed by atoms with Gasteiger partial charge in [0.2, 0.25) is 11.8 Å². The summed E-state index contributed by atoms with van der Waals surface area (Å²) in [6, 6.07) is -0.970. The minimum atomic E-state index is -0.970. The van der Waals surface area contributed by atoms with E-state index >= 15 is 0 Å². The average molecular weight is 243 g/mol. The Morgan fingerprint density at radius 2 is 1.82 bits per heavy atom. The Morgan fingerprint density at radius 1 is 1.29 bits per heavy atom. The molecule has 0 rings (SSSR count). The van der Waals surface area contributed by atoms with E-state index < -0.39 is 17.9 Å². The number of carbonyl (C=O) groups excluding carboxylic acids is 3. The molecule has 0 spiro atoms. The summed E-state index contributed by atoms with van der Waals surface area (Å²) < 4.78 is 0. The molecule has 0 radical (unpaired) electrons. The van der Waals surface area contributed by atoms with Crippen molar-refractivity contribution >= 4 is 17.6 Å². The molecule has 0 aromatic carbocycles. The lowest BCUT2D eigenvalue weighted by atomic mass is 10.0. The number of primary amides is 1. The van der Waals surface area contributed by atoms with Gasteiger partial charge in [-0.1, -0.05) is 13.8 Å². The topological polar surface area (TPSA) is 106 Å². The summed E-state index contributed by atoms with van der Waals surface area (Å²) >= 11 is 0. The van der Waals surface area contributed by atoms with Gasteiger partial charge in [-0.25, -0.2) is 0 Å². The maximum atomic E-state index is 11.7. The molecule has 0 unspecified atom stereocenters. The zero-order valence-electron chi connectivity index (χ0n) is 10.6. The molecule has 4 N–H and O–H groups in total. The molecule has 0 saturated carbocycles. The van der Waals surface area contributed by atoms with Crippen molar-refractivity contribution in [3.8, 4) is 0 Å². The lowest BCUT2D eigenvalue weighted by Crippen LogP contribution is -2.46. The maximum absolute atomic E-state index is 11.7. The highest BCUT2D eigenvalue weighted by Gasteiger charge is 2.22. The van der Waals surface area contributed by atoms with Crippen molar-refractivity contribution in [2.24, 2.45) is 17.4 Å². The summed E-state index contributed by atoms with van der Waals surface area (Å²) in [5, 5.41) is 0. The highest BCUT2D eigenvalue weighted by molar-refractivity contribution is 5.91. The van der Waals surface area contributed by atoms with Crippen LogP contribution in [0.4, 0.5) is 0 Å². The number of hydrogen-bond acceptors (Lipinski definition) is 4. The Kier molecular flexibility index (Phi) is 6.42. The third kappa shape index (κ3) is 5.44. The van der Waals surface area contributed by atoms with Crippen LogP contribution in [-0.4, -0.2) is 42.1 Å². The van der Waals surface area contributed by atoms with Gasteiger partial charge in [0.05, 0.1) is 19.0 Å². The molecular formula is C11H21N3O3. The second kappa shape index (κ2) is 7.01. The van der Waals surface area contributed by atoms with E-state index in [2.05, 4.69) is 0 Å². The predicted octanol–water partition coefficient (Wildman–Crippen LogP) is -0.737. The number of hydrogen-bond donors (Lipinski definition) is 2. The molecule has 0 aromatic heterocycles. The monoisotopic (exact) mass is 243 g/mol. The second-order valence-electron chi connectivity index (χ2n) is 4.25. The van der Waals surface area contributed by atoms with Crippen LogP contribution in [0.3, 0.4) is 0 Å². The number of rotatable bonds is 7. The van der Waals surface area contributed by atoms with Crippen LogP contribution in [0.15, 0.2) is 0 Å². The van der Waals surface area contributed by atoms with E-state index in [1.807, 2.05) is 13.8 Å². The van der Waals surface area contributed by atoms with Crippen LogP contribution >= 0.6 is 0 Å². The molecule has 0 aliphatic carbocycles. The number of carbonyl (C=O) groups is 3. The fourth-order valence-electron chi connectivity index (χ4n) is 1.28. The van der Waals surface area contributed by atoms with Crippen molar-refractivity contribution in [2.45, 2.75) is 32.7 Å². The highest BCUT2D eigenvalue weighted by Crippen LogP contribution is 2.04. The van der Waals surface area contributed by atoms with Crippen molar-refractivity contribution < 1.29 is 14.4 Å². The van der Waals surface area contributed by atoms with E-state index in [1.165, 1.54) is 11.9 Å². The van der Waals surface area contributed by atoms with Crippen LogP contribution in [0, 0.1) is 5.92 Å². The Balaban J connectivity index is 4.31. The van der Waals surface area contributed by atoms with Gasteiger partial charge in [-0.05, 0) is 6.42 Å². The van der Waals surface area contributed by atoms with Crippen molar-refractivity contribution in [3.05, 3.63) is 0 Å². The molecule has 6 nitrogen and oxygen atoms in total. The van der Waals surface area contributed by atoms with Crippen molar-refractivity contribution in [1.82, 2.24) is 4.90 Å². The van der Waals surface area contributed by atoms with Crippen LogP contribution in [0.1, 0.15) is 26.7 Å². The van der Waals surface area contributed by atoms with Gasteiger partial charge in [0.1, 0.15) is 0 Å². The molecule has 2 amide bonds. The summed E-state index contributed by atoms with van der Waals surface area (Å²) in [5.74, 6) is -1.18. The fourth-order valence-corrected chi connectivity index (χ4v) is 1.28. The van der Waals surface area contributed by atoms with Gasteiger partial charge < -0.3 is 16.4 Å². The van der Waals surface area contributed by atoms with Crippen LogP contribution in [0.5, 0.6) is 0 Å². The number of amides is 2. The largest absolute Gasteiger partial charge is 0.370 e. The molecule has 0 aliphatic rings. The minimum Gasteiger partial charge on any atom is -0.370 e. The average Bonchev–Trinajstić information content (AvgIpc) is 2.25. The second-order valence-corrected chi connectivity index (χ2v) is 4.25. The van der Waals surface area contributed by atoms with Gasteiger partial charge in [0.15, 0.2) is 5.78 Å². The smallest absolute Gasteiger partial charge is 0.240 e. The van der Waals surface area contributed by atoms with Crippen molar-refractivity contribution in [3.63, 3.8) is 0 Å². The Bertz CT molecular complexity index is 304. The fraction of sp³-hybridized carbons (Fsp3) is 0.727. The third-order valence-corrected chi connectivity index (χ3v) is 2.67. The first-order valence-corrected chi connectivity index (χ1v) is 5.61. The molecular weight excluding hydrogens is 222 g/mol. The summed E-state index contributed by atoms with van der Waals surface area (Å²) in [4.78, 5) is 35.1. The van der Waals surface area contributed by atoms with E-state index in [4.69, 9.17) is 11.5 Å². The Hall–Kier alpha value is -1.43. The van der Waals surface area contributed by atoms with Gasteiger partial charge in [-0.2, -0.15) is 0 Å². The number of nitrogens with zero attached hydrogens (tertiary/aromatic N) is 1. The standard InChI is InChI=1S/C11H21N3O3/c1-4-7(2)9(15)6-14(3)11(17)8(12)5-10(13)16/h7-8H,4-6,12H2,1-3H3,(H2,13,16)/t7-,8-/m0/s1. The molecule has 0 fully saturated rings. The molecule has 0 heterocycles.